The first-order chi connectivity index (χ1) is 13.8. The van der Waals surface area contributed by atoms with Gasteiger partial charge in [-0.1, -0.05) is 51.8 Å². The Morgan fingerprint density at radius 1 is 1.00 bits per heavy atom. The van der Waals surface area contributed by atoms with Crippen molar-refractivity contribution >= 4 is 54.8 Å². The topological polar surface area (TPSA) is 66.5 Å². The standard InChI is InChI=1S/C21H18BrClN2O3S/c1-15-19(23)8-5-9-20(15)24-21(26)14-25(17-12-10-16(22)11-13-17)29(27,28)18-6-3-2-4-7-18/h2-13H,14H2,1H3,(H,24,26). The summed E-state index contributed by atoms with van der Waals surface area (Å²) in [5, 5.41) is 3.27. The van der Waals surface area contributed by atoms with Crippen LogP contribution in [0, 0.1) is 6.92 Å². The molecule has 0 bridgehead atoms. The molecular formula is C21H18BrClN2O3S. The molecule has 0 unspecified atom stereocenters. The Balaban J connectivity index is 1.94. The molecular weight excluding hydrogens is 476 g/mol. The molecule has 0 aliphatic carbocycles. The molecule has 150 valence electrons. The molecule has 0 radical (unpaired) electrons. The largest absolute Gasteiger partial charge is 0.324 e. The van der Waals surface area contributed by atoms with E-state index in [4.69, 9.17) is 11.6 Å². The minimum Gasteiger partial charge on any atom is -0.324 e. The quantitative estimate of drug-likeness (QED) is 0.510. The molecule has 0 aliphatic rings. The first-order valence-electron chi connectivity index (χ1n) is 8.67. The maximum absolute atomic E-state index is 13.2. The minimum atomic E-state index is -3.94. The third-order valence-electron chi connectivity index (χ3n) is 4.27. The summed E-state index contributed by atoms with van der Waals surface area (Å²) < 4.78 is 28.4. The summed E-state index contributed by atoms with van der Waals surface area (Å²) in [6, 6.07) is 19.9. The second-order valence-corrected chi connectivity index (χ2v) is 9.45. The van der Waals surface area contributed by atoms with Gasteiger partial charge in [0.05, 0.1) is 10.6 Å². The number of carbonyl (C=O) groups excluding carboxylic acids is 1. The predicted molar refractivity (Wildman–Crippen MR) is 120 cm³/mol. The maximum atomic E-state index is 13.2. The lowest BCUT2D eigenvalue weighted by molar-refractivity contribution is -0.114. The van der Waals surface area contributed by atoms with E-state index < -0.39 is 15.9 Å². The number of anilines is 2. The van der Waals surface area contributed by atoms with Crippen LogP contribution in [0.25, 0.3) is 0 Å². The Morgan fingerprint density at radius 3 is 2.31 bits per heavy atom. The summed E-state index contributed by atoms with van der Waals surface area (Å²) in [5.74, 6) is -0.474. The average molecular weight is 494 g/mol. The van der Waals surface area contributed by atoms with Crippen LogP contribution in [0.4, 0.5) is 11.4 Å². The molecule has 3 aromatic rings. The summed E-state index contributed by atoms with van der Waals surface area (Å²) >= 11 is 9.44. The van der Waals surface area contributed by atoms with Crippen LogP contribution in [0.15, 0.2) is 82.2 Å². The van der Waals surface area contributed by atoms with Crippen molar-refractivity contribution in [1.29, 1.82) is 0 Å². The van der Waals surface area contributed by atoms with Gasteiger partial charge in [-0.2, -0.15) is 0 Å². The van der Waals surface area contributed by atoms with E-state index in [1.54, 1.807) is 67.6 Å². The van der Waals surface area contributed by atoms with Crippen molar-refractivity contribution in [3.05, 3.63) is 87.9 Å². The van der Waals surface area contributed by atoms with Gasteiger partial charge in [-0.05, 0) is 61.0 Å². The van der Waals surface area contributed by atoms with Gasteiger partial charge >= 0.3 is 0 Å². The Bertz CT molecular complexity index is 1120. The number of rotatable bonds is 6. The van der Waals surface area contributed by atoms with E-state index in [-0.39, 0.29) is 11.4 Å². The zero-order chi connectivity index (χ0) is 21.0. The second kappa shape index (κ2) is 8.98. The fourth-order valence-corrected chi connectivity index (χ4v) is 4.59. The van der Waals surface area contributed by atoms with E-state index in [0.717, 1.165) is 8.78 Å². The lowest BCUT2D eigenvalue weighted by atomic mass is 10.2. The molecule has 0 aromatic heterocycles. The lowest BCUT2D eigenvalue weighted by Gasteiger charge is -2.24. The van der Waals surface area contributed by atoms with Crippen molar-refractivity contribution in [3.63, 3.8) is 0 Å². The number of halogens is 2. The van der Waals surface area contributed by atoms with E-state index in [0.29, 0.717) is 22.0 Å². The van der Waals surface area contributed by atoms with Crippen molar-refractivity contribution in [3.8, 4) is 0 Å². The van der Waals surface area contributed by atoms with Crippen molar-refractivity contribution in [2.45, 2.75) is 11.8 Å². The van der Waals surface area contributed by atoms with E-state index in [1.165, 1.54) is 12.1 Å². The smallest absolute Gasteiger partial charge is 0.264 e. The summed E-state index contributed by atoms with van der Waals surface area (Å²) in [5.41, 5.74) is 1.63. The summed E-state index contributed by atoms with van der Waals surface area (Å²) in [7, 11) is -3.94. The van der Waals surface area contributed by atoms with Crippen LogP contribution < -0.4 is 9.62 Å². The van der Waals surface area contributed by atoms with Gasteiger partial charge in [0.25, 0.3) is 10.0 Å². The molecule has 5 nitrogen and oxygen atoms in total. The van der Waals surface area contributed by atoms with E-state index in [2.05, 4.69) is 21.2 Å². The molecule has 3 rings (SSSR count). The van der Waals surface area contributed by atoms with Gasteiger partial charge in [-0.15, -0.1) is 0 Å². The fraction of sp³-hybridized carbons (Fsp3) is 0.0952. The highest BCUT2D eigenvalue weighted by molar-refractivity contribution is 9.10. The van der Waals surface area contributed by atoms with Crippen LogP contribution >= 0.6 is 27.5 Å². The van der Waals surface area contributed by atoms with Crippen molar-refractivity contribution < 1.29 is 13.2 Å². The predicted octanol–water partition coefficient (Wildman–Crippen LogP) is 5.24. The first kappa shape index (κ1) is 21.4. The molecule has 3 aromatic carbocycles. The molecule has 29 heavy (non-hydrogen) atoms. The van der Waals surface area contributed by atoms with E-state index in [9.17, 15) is 13.2 Å². The van der Waals surface area contributed by atoms with Crippen LogP contribution in [-0.4, -0.2) is 20.9 Å². The molecule has 0 spiro atoms. The van der Waals surface area contributed by atoms with E-state index >= 15 is 0 Å². The first-order valence-corrected chi connectivity index (χ1v) is 11.3. The van der Waals surface area contributed by atoms with Gasteiger partial charge in [0, 0.05) is 15.2 Å². The Labute approximate surface area is 183 Å². The number of hydrogen-bond acceptors (Lipinski definition) is 3. The Kier molecular flexibility index (Phi) is 6.62. The Hall–Kier alpha value is -2.35. The summed E-state index contributed by atoms with van der Waals surface area (Å²) in [4.78, 5) is 12.8. The number of carbonyl (C=O) groups is 1. The van der Waals surface area contributed by atoms with Crippen LogP contribution in [0.3, 0.4) is 0 Å². The minimum absolute atomic E-state index is 0.106. The SMILES string of the molecule is Cc1c(Cl)cccc1NC(=O)CN(c1ccc(Br)cc1)S(=O)(=O)c1ccccc1. The zero-order valence-electron chi connectivity index (χ0n) is 15.5. The van der Waals surface area contributed by atoms with Gasteiger partial charge in [0.2, 0.25) is 5.91 Å². The van der Waals surface area contributed by atoms with Crippen molar-refractivity contribution in [2.75, 3.05) is 16.2 Å². The highest BCUT2D eigenvalue weighted by Crippen LogP contribution is 2.26. The molecule has 1 N–H and O–H groups in total. The fourth-order valence-electron chi connectivity index (χ4n) is 2.71. The van der Waals surface area contributed by atoms with Crippen LogP contribution in [-0.2, 0) is 14.8 Å². The number of nitrogens with zero attached hydrogens (tertiary/aromatic N) is 1. The molecule has 0 saturated heterocycles. The maximum Gasteiger partial charge on any atom is 0.264 e. The Morgan fingerprint density at radius 2 is 1.66 bits per heavy atom. The molecule has 1 amide bonds. The highest BCUT2D eigenvalue weighted by atomic mass is 79.9. The van der Waals surface area contributed by atoms with Crippen molar-refractivity contribution in [1.82, 2.24) is 0 Å². The van der Waals surface area contributed by atoms with Gasteiger partial charge in [-0.25, -0.2) is 8.42 Å². The van der Waals surface area contributed by atoms with Crippen LogP contribution in [0.5, 0.6) is 0 Å². The van der Waals surface area contributed by atoms with Gasteiger partial charge in [0.15, 0.2) is 0 Å². The molecule has 0 saturated carbocycles. The normalized spacial score (nSPS) is 11.1. The molecule has 0 heterocycles. The van der Waals surface area contributed by atoms with Gasteiger partial charge < -0.3 is 5.32 Å². The molecule has 0 aliphatic heterocycles. The second-order valence-electron chi connectivity index (χ2n) is 6.26. The monoisotopic (exact) mass is 492 g/mol. The van der Waals surface area contributed by atoms with Crippen LogP contribution in [0.2, 0.25) is 5.02 Å². The van der Waals surface area contributed by atoms with E-state index in [1.807, 2.05) is 0 Å². The highest BCUT2D eigenvalue weighted by Gasteiger charge is 2.27. The van der Waals surface area contributed by atoms with Gasteiger partial charge in [-0.3, -0.25) is 9.10 Å². The molecule has 0 atom stereocenters. The number of nitrogens with one attached hydrogen (secondary N) is 1. The number of amides is 1. The number of hydrogen-bond donors (Lipinski definition) is 1. The molecule has 0 fully saturated rings. The number of benzene rings is 3. The summed E-state index contributed by atoms with van der Waals surface area (Å²) in [6.07, 6.45) is 0. The zero-order valence-corrected chi connectivity index (χ0v) is 18.6. The van der Waals surface area contributed by atoms with Crippen LogP contribution in [0.1, 0.15) is 5.56 Å². The lowest BCUT2D eigenvalue weighted by Crippen LogP contribution is -2.38. The third-order valence-corrected chi connectivity index (χ3v) is 7.00. The third kappa shape index (κ3) is 4.98. The average Bonchev–Trinajstić information content (AvgIpc) is 2.71. The van der Waals surface area contributed by atoms with Crippen molar-refractivity contribution in [2.24, 2.45) is 0 Å². The molecule has 8 heteroatoms. The van der Waals surface area contributed by atoms with Gasteiger partial charge in [0.1, 0.15) is 6.54 Å². The number of sulfonamides is 1. The summed E-state index contributed by atoms with van der Waals surface area (Å²) in [6.45, 7) is 1.40.